The number of amides is 1. The molecule has 0 spiro atoms. The van der Waals surface area contributed by atoms with Crippen molar-refractivity contribution in [3.63, 3.8) is 0 Å². The Labute approximate surface area is 95.7 Å². The van der Waals surface area contributed by atoms with Gasteiger partial charge in [0, 0.05) is 22.7 Å². The summed E-state index contributed by atoms with van der Waals surface area (Å²) >= 11 is 10.6. The SMILES string of the molecule is CC(Br)CN(CC(C)Br)C(=O)S. The standard InChI is InChI=1S/C7H13Br2NOS/c1-5(8)3-10(7(11)12)4-6(2)9/h5-6H,3-4H2,1-2H3,(H,11,12). The van der Waals surface area contributed by atoms with Gasteiger partial charge in [-0.25, -0.2) is 0 Å². The molecule has 72 valence electrons. The van der Waals surface area contributed by atoms with Crippen LogP contribution in [0, 0.1) is 0 Å². The molecule has 0 saturated heterocycles. The zero-order valence-corrected chi connectivity index (χ0v) is 11.2. The molecule has 0 radical (unpaired) electrons. The molecule has 2 atom stereocenters. The Morgan fingerprint density at radius 2 is 1.67 bits per heavy atom. The molecule has 2 nitrogen and oxygen atoms in total. The van der Waals surface area contributed by atoms with Gasteiger partial charge in [-0.15, -0.1) is 0 Å². The largest absolute Gasteiger partial charge is 0.332 e. The van der Waals surface area contributed by atoms with E-state index in [2.05, 4.69) is 44.5 Å². The normalized spacial score (nSPS) is 15.4. The number of carbonyl (C=O) groups is 1. The second-order valence-corrected chi connectivity index (χ2v) is 6.26. The summed E-state index contributed by atoms with van der Waals surface area (Å²) in [7, 11) is 0. The van der Waals surface area contributed by atoms with Gasteiger partial charge in [0.2, 0.25) is 0 Å². The topological polar surface area (TPSA) is 20.3 Å². The maximum Gasteiger partial charge on any atom is 0.278 e. The van der Waals surface area contributed by atoms with Crippen LogP contribution in [0.25, 0.3) is 0 Å². The zero-order chi connectivity index (χ0) is 9.72. The van der Waals surface area contributed by atoms with Gasteiger partial charge in [-0.1, -0.05) is 58.3 Å². The average Bonchev–Trinajstić information content (AvgIpc) is 1.83. The number of nitrogens with zero attached hydrogens (tertiary/aromatic N) is 1. The molecule has 0 heterocycles. The van der Waals surface area contributed by atoms with Crippen LogP contribution in [0.4, 0.5) is 4.79 Å². The number of halogens is 2. The Hall–Kier alpha value is 0.780. The summed E-state index contributed by atoms with van der Waals surface area (Å²) in [5, 5.41) is -0.174. The minimum atomic E-state index is -0.174. The van der Waals surface area contributed by atoms with Crippen LogP contribution in [0.3, 0.4) is 0 Å². The third-order valence-electron chi connectivity index (χ3n) is 1.21. The van der Waals surface area contributed by atoms with Crippen molar-refractivity contribution in [1.82, 2.24) is 4.90 Å². The van der Waals surface area contributed by atoms with Gasteiger partial charge in [-0.2, -0.15) is 0 Å². The Bertz CT molecular complexity index is 142. The van der Waals surface area contributed by atoms with E-state index in [0.717, 1.165) is 0 Å². The molecule has 0 N–H and O–H groups in total. The summed E-state index contributed by atoms with van der Waals surface area (Å²) in [6.45, 7) is 5.39. The monoisotopic (exact) mass is 317 g/mol. The van der Waals surface area contributed by atoms with Crippen LogP contribution in [0.1, 0.15) is 13.8 Å². The van der Waals surface area contributed by atoms with Crippen molar-refractivity contribution in [3.8, 4) is 0 Å². The summed E-state index contributed by atoms with van der Waals surface area (Å²) in [6, 6.07) is 0. The van der Waals surface area contributed by atoms with Gasteiger partial charge in [-0.05, 0) is 0 Å². The van der Waals surface area contributed by atoms with Crippen molar-refractivity contribution in [1.29, 1.82) is 0 Å². The summed E-state index contributed by atoms with van der Waals surface area (Å²) in [5.74, 6) is 0. The van der Waals surface area contributed by atoms with Gasteiger partial charge in [0.25, 0.3) is 5.24 Å². The molecule has 0 aliphatic carbocycles. The highest BCUT2D eigenvalue weighted by atomic mass is 79.9. The van der Waals surface area contributed by atoms with E-state index in [-0.39, 0.29) is 5.24 Å². The van der Waals surface area contributed by atoms with Gasteiger partial charge in [0.15, 0.2) is 0 Å². The molecule has 0 aromatic rings. The maximum atomic E-state index is 11.0. The second-order valence-electron chi connectivity index (χ2n) is 2.75. The molecule has 0 aliphatic heterocycles. The molecule has 1 amide bonds. The van der Waals surface area contributed by atoms with Gasteiger partial charge in [-0.3, -0.25) is 4.79 Å². The van der Waals surface area contributed by atoms with E-state index in [1.165, 1.54) is 0 Å². The molecule has 0 bridgehead atoms. The van der Waals surface area contributed by atoms with Crippen molar-refractivity contribution in [2.45, 2.75) is 23.5 Å². The number of hydrogen-bond acceptors (Lipinski definition) is 1. The summed E-state index contributed by atoms with van der Waals surface area (Å²) in [6.07, 6.45) is 0. The molecule has 0 rings (SSSR count). The Kier molecular flexibility index (Phi) is 6.67. The predicted octanol–water partition coefficient (Wildman–Crippen LogP) is 2.91. The first-order valence-corrected chi connectivity index (χ1v) is 5.97. The van der Waals surface area contributed by atoms with Gasteiger partial charge in [0.1, 0.15) is 0 Å². The van der Waals surface area contributed by atoms with Crippen LogP contribution in [-0.2, 0) is 0 Å². The van der Waals surface area contributed by atoms with Crippen molar-refractivity contribution in [2.24, 2.45) is 0 Å². The fraction of sp³-hybridized carbons (Fsp3) is 0.857. The quantitative estimate of drug-likeness (QED) is 0.624. The smallest absolute Gasteiger partial charge is 0.278 e. The van der Waals surface area contributed by atoms with Crippen molar-refractivity contribution >= 4 is 49.7 Å². The Morgan fingerprint density at radius 1 is 1.33 bits per heavy atom. The lowest BCUT2D eigenvalue weighted by Gasteiger charge is -2.22. The van der Waals surface area contributed by atoms with Crippen LogP contribution in [0.2, 0.25) is 0 Å². The Balaban J connectivity index is 3.96. The molecular formula is C7H13Br2NOS. The fourth-order valence-corrected chi connectivity index (χ4v) is 1.70. The molecule has 0 aromatic carbocycles. The van der Waals surface area contributed by atoms with E-state index in [1.807, 2.05) is 13.8 Å². The first-order chi connectivity index (χ1) is 5.43. The first kappa shape index (κ1) is 12.8. The number of hydrogen-bond donors (Lipinski definition) is 1. The van der Waals surface area contributed by atoms with Crippen LogP contribution < -0.4 is 0 Å². The van der Waals surface area contributed by atoms with E-state index >= 15 is 0 Å². The highest BCUT2D eigenvalue weighted by Crippen LogP contribution is 2.08. The molecule has 2 unspecified atom stereocenters. The van der Waals surface area contributed by atoms with Crippen molar-refractivity contribution in [3.05, 3.63) is 0 Å². The Morgan fingerprint density at radius 3 is 1.83 bits per heavy atom. The third-order valence-corrected chi connectivity index (χ3v) is 2.08. The van der Waals surface area contributed by atoms with Crippen molar-refractivity contribution < 1.29 is 4.79 Å². The summed E-state index contributed by atoms with van der Waals surface area (Å²) < 4.78 is 0. The molecule has 0 aromatic heterocycles. The highest BCUT2D eigenvalue weighted by Gasteiger charge is 2.13. The lowest BCUT2D eigenvalue weighted by molar-refractivity contribution is 0.225. The summed E-state index contributed by atoms with van der Waals surface area (Å²) in [4.78, 5) is 13.3. The average molecular weight is 319 g/mol. The van der Waals surface area contributed by atoms with Gasteiger partial charge >= 0.3 is 0 Å². The maximum absolute atomic E-state index is 11.0. The van der Waals surface area contributed by atoms with Crippen LogP contribution >= 0.6 is 44.5 Å². The van der Waals surface area contributed by atoms with Gasteiger partial charge < -0.3 is 4.90 Å². The molecular weight excluding hydrogens is 306 g/mol. The third kappa shape index (κ3) is 6.31. The van der Waals surface area contributed by atoms with Crippen LogP contribution in [-0.4, -0.2) is 32.9 Å². The first-order valence-electron chi connectivity index (χ1n) is 3.69. The highest BCUT2D eigenvalue weighted by molar-refractivity contribution is 9.09. The number of carbonyl (C=O) groups excluding carboxylic acids is 1. The van der Waals surface area contributed by atoms with E-state index in [9.17, 15) is 4.79 Å². The van der Waals surface area contributed by atoms with E-state index in [1.54, 1.807) is 4.90 Å². The summed E-state index contributed by atoms with van der Waals surface area (Å²) in [5.41, 5.74) is 0. The number of rotatable bonds is 4. The lowest BCUT2D eigenvalue weighted by Crippen LogP contribution is -2.35. The van der Waals surface area contributed by atoms with Gasteiger partial charge in [0.05, 0.1) is 0 Å². The second kappa shape index (κ2) is 6.27. The minimum Gasteiger partial charge on any atom is -0.332 e. The van der Waals surface area contributed by atoms with Crippen molar-refractivity contribution in [2.75, 3.05) is 13.1 Å². The molecule has 0 saturated carbocycles. The molecule has 0 aliphatic rings. The minimum absolute atomic E-state index is 0.174. The number of thiol groups is 1. The van der Waals surface area contributed by atoms with Crippen LogP contribution in [0.15, 0.2) is 0 Å². The van der Waals surface area contributed by atoms with E-state index in [0.29, 0.717) is 22.7 Å². The lowest BCUT2D eigenvalue weighted by atomic mass is 10.4. The predicted molar refractivity (Wildman–Crippen MR) is 62.7 cm³/mol. The fourth-order valence-electron chi connectivity index (χ4n) is 0.838. The molecule has 5 heteroatoms. The molecule has 0 fully saturated rings. The number of alkyl halides is 2. The van der Waals surface area contributed by atoms with E-state index < -0.39 is 0 Å². The van der Waals surface area contributed by atoms with E-state index in [4.69, 9.17) is 0 Å². The zero-order valence-electron chi connectivity index (χ0n) is 7.13. The van der Waals surface area contributed by atoms with Crippen LogP contribution in [0.5, 0.6) is 0 Å². The molecule has 12 heavy (non-hydrogen) atoms.